The second-order valence-corrected chi connectivity index (χ2v) is 10.4. The summed E-state index contributed by atoms with van der Waals surface area (Å²) in [6.45, 7) is 4.67. The zero-order chi connectivity index (χ0) is 29.4. The number of amides is 2. The number of phenols is 1. The van der Waals surface area contributed by atoms with Gasteiger partial charge in [0.1, 0.15) is 28.6 Å². The number of ether oxygens (including phenoxy) is 3. The number of carbonyl (C=O) groups is 2. The van der Waals surface area contributed by atoms with E-state index in [1.54, 1.807) is 27.0 Å². The van der Waals surface area contributed by atoms with Crippen molar-refractivity contribution in [2.75, 3.05) is 26.8 Å². The molecular weight excluding hydrogens is 538 g/mol. The number of methoxy groups -OCH3 is 1. The van der Waals surface area contributed by atoms with Gasteiger partial charge in [-0.1, -0.05) is 17.3 Å². The molecule has 4 aromatic rings. The first-order valence-corrected chi connectivity index (χ1v) is 13.8. The molecule has 0 aliphatic carbocycles. The van der Waals surface area contributed by atoms with Gasteiger partial charge in [-0.05, 0) is 85.8 Å². The summed E-state index contributed by atoms with van der Waals surface area (Å²) < 4.78 is 23.4. The lowest BCUT2D eigenvalue weighted by atomic mass is 9.87. The van der Waals surface area contributed by atoms with Crippen molar-refractivity contribution >= 4 is 11.8 Å². The van der Waals surface area contributed by atoms with Crippen molar-refractivity contribution in [1.29, 1.82) is 0 Å². The number of benzene rings is 3. The van der Waals surface area contributed by atoms with E-state index in [0.29, 0.717) is 72.6 Å². The van der Waals surface area contributed by atoms with Gasteiger partial charge in [-0.2, -0.15) is 0 Å². The van der Waals surface area contributed by atoms with Crippen LogP contribution in [0.1, 0.15) is 61.3 Å². The summed E-state index contributed by atoms with van der Waals surface area (Å²) in [6, 6.07) is 15.6. The van der Waals surface area contributed by atoms with Gasteiger partial charge < -0.3 is 34.1 Å². The van der Waals surface area contributed by atoms with E-state index in [-0.39, 0.29) is 17.2 Å². The number of fused-ring (bicyclic) bond motifs is 6. The molecule has 0 saturated heterocycles. The maximum Gasteiger partial charge on any atom is 0.260 e. The fourth-order valence-corrected chi connectivity index (χ4v) is 5.60. The largest absolute Gasteiger partial charge is 0.507 e. The molecule has 10 nitrogen and oxygen atoms in total. The van der Waals surface area contributed by atoms with Gasteiger partial charge in [0.2, 0.25) is 0 Å². The molecule has 42 heavy (non-hydrogen) atoms. The molecule has 7 rings (SSSR count). The second-order valence-electron chi connectivity index (χ2n) is 10.4. The van der Waals surface area contributed by atoms with Crippen LogP contribution in [0.2, 0.25) is 0 Å². The molecule has 216 valence electrons. The molecule has 0 fully saturated rings. The van der Waals surface area contributed by atoms with Crippen molar-refractivity contribution in [3.8, 4) is 28.7 Å². The zero-order valence-corrected chi connectivity index (χ0v) is 23.6. The number of phenolic OH excluding ortho intramolecular Hbond substituents is 1. The van der Waals surface area contributed by atoms with Gasteiger partial charge in [-0.3, -0.25) is 9.59 Å². The summed E-state index contributed by atoms with van der Waals surface area (Å²) in [4.78, 5) is 28.7. The number of rotatable bonds is 2. The Labute approximate surface area is 242 Å². The predicted molar refractivity (Wildman–Crippen MR) is 153 cm³/mol. The van der Waals surface area contributed by atoms with Crippen LogP contribution in [0.5, 0.6) is 28.7 Å². The van der Waals surface area contributed by atoms with Crippen molar-refractivity contribution < 1.29 is 33.4 Å². The third-order valence-corrected chi connectivity index (χ3v) is 7.65. The van der Waals surface area contributed by atoms with Crippen LogP contribution in [-0.4, -0.2) is 53.8 Å². The van der Waals surface area contributed by atoms with Gasteiger partial charge in [0.05, 0.1) is 31.0 Å². The third-order valence-electron chi connectivity index (χ3n) is 7.65. The topological polar surface area (TPSA) is 123 Å². The number of aromatic hydroxyl groups is 1. The molecule has 1 unspecified atom stereocenters. The number of aromatic nitrogens is 1. The number of hydrogen-bond acceptors (Lipinski definition) is 8. The van der Waals surface area contributed by atoms with Gasteiger partial charge >= 0.3 is 0 Å². The van der Waals surface area contributed by atoms with Crippen LogP contribution in [0.3, 0.4) is 0 Å². The van der Waals surface area contributed by atoms with E-state index >= 15 is 0 Å². The average molecular weight is 570 g/mol. The molecule has 1 aromatic heterocycles. The van der Waals surface area contributed by atoms with E-state index in [2.05, 4.69) is 10.5 Å². The van der Waals surface area contributed by atoms with Crippen LogP contribution in [0, 0.1) is 13.8 Å². The van der Waals surface area contributed by atoms with Crippen LogP contribution in [0.25, 0.3) is 0 Å². The van der Waals surface area contributed by atoms with Crippen LogP contribution in [0.15, 0.2) is 59.1 Å². The van der Waals surface area contributed by atoms with E-state index in [4.69, 9.17) is 18.7 Å². The third kappa shape index (κ3) is 5.00. The van der Waals surface area contributed by atoms with Crippen LogP contribution in [-0.2, 0) is 6.42 Å². The maximum atomic E-state index is 14.0. The quantitative estimate of drug-likeness (QED) is 0.342. The van der Waals surface area contributed by atoms with Crippen molar-refractivity contribution in [2.45, 2.75) is 32.7 Å². The Bertz CT molecular complexity index is 1660. The molecule has 1 atom stereocenters. The molecule has 8 bridgehead atoms. The smallest absolute Gasteiger partial charge is 0.260 e. The fourth-order valence-electron chi connectivity index (χ4n) is 5.60. The molecule has 3 aromatic carbocycles. The lowest BCUT2D eigenvalue weighted by molar-refractivity contribution is 0.0691. The van der Waals surface area contributed by atoms with Crippen molar-refractivity contribution in [3.63, 3.8) is 0 Å². The highest BCUT2D eigenvalue weighted by molar-refractivity contribution is 5.97. The van der Waals surface area contributed by atoms with Gasteiger partial charge in [-0.25, -0.2) is 0 Å². The lowest BCUT2D eigenvalue weighted by Crippen LogP contribution is -2.41. The minimum atomic E-state index is -0.445. The van der Waals surface area contributed by atoms with E-state index in [0.717, 1.165) is 16.7 Å². The van der Waals surface area contributed by atoms with Crippen LogP contribution in [0.4, 0.5) is 0 Å². The number of hydrogen-bond donors (Lipinski definition) is 2. The Morgan fingerprint density at radius 1 is 1.12 bits per heavy atom. The minimum absolute atomic E-state index is 0.104. The van der Waals surface area contributed by atoms with E-state index in [1.165, 1.54) is 12.1 Å². The Morgan fingerprint density at radius 3 is 2.76 bits per heavy atom. The Kier molecular flexibility index (Phi) is 7.20. The number of nitrogens with zero attached hydrogens (tertiary/aromatic N) is 2. The predicted octanol–water partition coefficient (Wildman–Crippen LogP) is 5.10. The first kappa shape index (κ1) is 27.2. The molecule has 0 radical (unpaired) electrons. The van der Waals surface area contributed by atoms with E-state index in [1.807, 2.05) is 41.3 Å². The fraction of sp³-hybridized carbons (Fsp3) is 0.281. The van der Waals surface area contributed by atoms with Crippen molar-refractivity contribution in [1.82, 2.24) is 15.4 Å². The Balaban J connectivity index is 1.50. The van der Waals surface area contributed by atoms with Gasteiger partial charge in [0, 0.05) is 13.1 Å². The monoisotopic (exact) mass is 569 g/mol. The maximum absolute atomic E-state index is 14.0. The zero-order valence-electron chi connectivity index (χ0n) is 23.6. The summed E-state index contributed by atoms with van der Waals surface area (Å²) in [5.74, 6) is 1.68. The Morgan fingerprint density at radius 2 is 1.98 bits per heavy atom. The van der Waals surface area contributed by atoms with Crippen LogP contribution < -0.4 is 19.5 Å². The highest BCUT2D eigenvalue weighted by Gasteiger charge is 2.36. The molecule has 3 aliphatic rings. The first-order chi connectivity index (χ1) is 20.3. The average Bonchev–Trinajstić information content (AvgIpc) is 3.33. The SMILES string of the molecule is COc1cc2c3cc1Oc1ccc(O)c(c1)C(=O)NCCCOc1cccc(c1)C2N(C(=O)c1c(C)noc1C)CC3. The first-order valence-electron chi connectivity index (χ1n) is 13.8. The summed E-state index contributed by atoms with van der Waals surface area (Å²) in [7, 11) is 1.55. The van der Waals surface area contributed by atoms with E-state index in [9.17, 15) is 14.7 Å². The summed E-state index contributed by atoms with van der Waals surface area (Å²) in [5.41, 5.74) is 3.87. The lowest BCUT2D eigenvalue weighted by Gasteiger charge is -2.38. The number of carbonyl (C=O) groups excluding carboxylic acids is 2. The standard InChI is InChI=1S/C32H31N3O7/c1-18-29(19(2)42-34-18)32(38)35-12-10-20-15-28-27(39-3)17-24(20)30(35)21-6-4-7-22(14-21)40-13-5-11-33-31(37)25-16-23(41-28)8-9-26(25)36/h4,6-9,14-17,30,36H,5,10-13H2,1-3H3,(H,33,37). The highest BCUT2D eigenvalue weighted by Crippen LogP contribution is 2.44. The molecule has 0 spiro atoms. The Hall–Kier alpha value is -4.99. The van der Waals surface area contributed by atoms with Crippen LogP contribution >= 0.6 is 0 Å². The van der Waals surface area contributed by atoms with Gasteiger partial charge in [0.15, 0.2) is 11.5 Å². The highest BCUT2D eigenvalue weighted by atomic mass is 16.5. The summed E-state index contributed by atoms with van der Waals surface area (Å²) in [5, 5.41) is 17.2. The van der Waals surface area contributed by atoms with Crippen molar-refractivity contribution in [2.24, 2.45) is 0 Å². The number of nitrogens with one attached hydrogen (secondary N) is 1. The van der Waals surface area contributed by atoms with Gasteiger partial charge in [-0.15, -0.1) is 0 Å². The minimum Gasteiger partial charge on any atom is -0.507 e. The summed E-state index contributed by atoms with van der Waals surface area (Å²) in [6.07, 6.45) is 1.12. The van der Waals surface area contributed by atoms with E-state index < -0.39 is 11.9 Å². The second kappa shape index (κ2) is 11.1. The summed E-state index contributed by atoms with van der Waals surface area (Å²) >= 11 is 0. The number of aryl methyl sites for hydroxylation is 2. The molecule has 2 N–H and O–H groups in total. The molecule has 2 amide bonds. The van der Waals surface area contributed by atoms with Crippen molar-refractivity contribution in [3.05, 3.63) is 93.9 Å². The van der Waals surface area contributed by atoms with Gasteiger partial charge in [0.25, 0.3) is 11.8 Å². The normalized spacial score (nSPS) is 16.5. The molecule has 10 heteroatoms. The molecule has 3 aliphatic heterocycles. The molecule has 4 heterocycles. The molecular formula is C32H31N3O7. The molecule has 0 saturated carbocycles.